The summed E-state index contributed by atoms with van der Waals surface area (Å²) >= 11 is 0. The molecular formula is C42H73O10P. The molecule has 0 aromatic heterocycles. The lowest BCUT2D eigenvalue weighted by atomic mass is 10.1. The predicted octanol–water partition coefficient (Wildman–Crippen LogP) is 10.3. The van der Waals surface area contributed by atoms with E-state index in [-0.39, 0.29) is 19.4 Å². The van der Waals surface area contributed by atoms with Crippen LogP contribution < -0.4 is 0 Å². The zero-order valence-electron chi connectivity index (χ0n) is 33.0. The Bertz CT molecular complexity index is 1070. The second-order valence-electron chi connectivity index (χ2n) is 13.3. The monoisotopic (exact) mass is 768 g/mol. The third-order valence-corrected chi connectivity index (χ3v) is 9.11. The molecule has 0 heterocycles. The Hall–Kier alpha value is -2.33. The maximum atomic E-state index is 12.6. The number of aliphatic hydroxyl groups is 2. The van der Waals surface area contributed by atoms with Gasteiger partial charge in [0.25, 0.3) is 0 Å². The van der Waals surface area contributed by atoms with Gasteiger partial charge >= 0.3 is 19.8 Å². The smallest absolute Gasteiger partial charge is 0.462 e. The van der Waals surface area contributed by atoms with Crippen molar-refractivity contribution in [2.75, 3.05) is 26.4 Å². The minimum absolute atomic E-state index is 0.161. The lowest BCUT2D eigenvalue weighted by molar-refractivity contribution is -0.161. The topological polar surface area (TPSA) is 149 Å². The quantitative estimate of drug-likeness (QED) is 0.0241. The van der Waals surface area contributed by atoms with Crippen LogP contribution in [0.2, 0.25) is 0 Å². The van der Waals surface area contributed by atoms with Crippen LogP contribution in [0.3, 0.4) is 0 Å². The molecule has 0 spiro atoms. The van der Waals surface area contributed by atoms with E-state index in [1.165, 1.54) is 19.3 Å². The van der Waals surface area contributed by atoms with Gasteiger partial charge in [-0.15, -0.1) is 0 Å². The Morgan fingerprint density at radius 3 is 1.57 bits per heavy atom. The number of allylic oxidation sites excluding steroid dienone is 10. The standard InChI is InChI=1S/C42H73O10P/c1-3-5-7-9-11-13-15-17-19-21-23-25-27-29-31-33-41(45)49-37-40(38-51-53(47,48)50-36-39(44)35-43)52-42(46)34-32-30-28-26-24-22-20-18-16-14-12-10-8-6-4-2/h5,7,11-14,17-20,39-40,43-44H,3-4,6,8-10,15-16,21-38H2,1-2H3,(H,47,48)/t39-,40+/m0/s1. The van der Waals surface area contributed by atoms with Gasteiger partial charge in [-0.05, 0) is 77.0 Å². The van der Waals surface area contributed by atoms with Crippen molar-refractivity contribution in [3.05, 3.63) is 60.8 Å². The Balaban J connectivity index is 4.40. The number of phosphoric acid groups is 1. The third kappa shape index (κ3) is 37.8. The summed E-state index contributed by atoms with van der Waals surface area (Å²) in [6.07, 6.45) is 40.4. The minimum Gasteiger partial charge on any atom is -0.462 e. The molecule has 0 saturated heterocycles. The number of hydrogen-bond acceptors (Lipinski definition) is 9. The van der Waals surface area contributed by atoms with E-state index in [9.17, 15) is 24.2 Å². The molecule has 0 aliphatic rings. The number of ether oxygens (including phenoxy) is 2. The Kier molecular flexibility index (Phi) is 36.3. The van der Waals surface area contributed by atoms with Crippen LogP contribution in [0, 0.1) is 0 Å². The van der Waals surface area contributed by atoms with E-state index in [0.29, 0.717) is 12.8 Å². The lowest BCUT2D eigenvalue weighted by Gasteiger charge is -2.20. The molecule has 306 valence electrons. The first-order valence-corrected chi connectivity index (χ1v) is 21.7. The summed E-state index contributed by atoms with van der Waals surface area (Å²) in [5.41, 5.74) is 0. The molecule has 53 heavy (non-hydrogen) atoms. The van der Waals surface area contributed by atoms with E-state index >= 15 is 0 Å². The van der Waals surface area contributed by atoms with Gasteiger partial charge in [0.15, 0.2) is 6.10 Å². The number of unbranched alkanes of at least 4 members (excludes halogenated alkanes) is 13. The maximum absolute atomic E-state index is 12.6. The second-order valence-corrected chi connectivity index (χ2v) is 14.7. The molecule has 0 aliphatic carbocycles. The first-order valence-electron chi connectivity index (χ1n) is 20.2. The number of esters is 2. The van der Waals surface area contributed by atoms with E-state index in [1.54, 1.807) is 0 Å². The zero-order valence-corrected chi connectivity index (χ0v) is 33.9. The first kappa shape index (κ1) is 50.7. The van der Waals surface area contributed by atoms with Gasteiger partial charge in [-0.1, -0.05) is 126 Å². The lowest BCUT2D eigenvalue weighted by Crippen LogP contribution is -2.29. The molecule has 0 bridgehead atoms. The number of rotatable bonds is 37. The summed E-state index contributed by atoms with van der Waals surface area (Å²) < 4.78 is 32.6. The molecule has 0 radical (unpaired) electrons. The SMILES string of the molecule is CCC=CCC=CCC=CCCCCCCCC(=O)OC[C@H](COP(=O)(O)OC[C@@H](O)CO)OC(=O)CCCCCCCC=CCC=CCCCCC. The summed E-state index contributed by atoms with van der Waals surface area (Å²) in [5, 5.41) is 18.3. The van der Waals surface area contributed by atoms with E-state index in [0.717, 1.165) is 96.3 Å². The number of aliphatic hydroxyl groups excluding tert-OH is 2. The highest BCUT2D eigenvalue weighted by molar-refractivity contribution is 7.47. The zero-order chi connectivity index (χ0) is 39.1. The highest BCUT2D eigenvalue weighted by Gasteiger charge is 2.27. The van der Waals surface area contributed by atoms with Crippen molar-refractivity contribution in [1.29, 1.82) is 0 Å². The average Bonchev–Trinajstić information content (AvgIpc) is 3.14. The molecular weight excluding hydrogens is 695 g/mol. The van der Waals surface area contributed by atoms with Gasteiger partial charge < -0.3 is 24.6 Å². The van der Waals surface area contributed by atoms with Gasteiger partial charge in [0.05, 0.1) is 19.8 Å². The fraction of sp³-hybridized carbons (Fsp3) is 0.714. The van der Waals surface area contributed by atoms with Crippen LogP contribution in [0.25, 0.3) is 0 Å². The van der Waals surface area contributed by atoms with Crippen molar-refractivity contribution in [2.24, 2.45) is 0 Å². The molecule has 11 heteroatoms. The van der Waals surface area contributed by atoms with E-state index < -0.39 is 51.8 Å². The summed E-state index contributed by atoms with van der Waals surface area (Å²) in [7, 11) is -4.62. The molecule has 3 N–H and O–H groups in total. The van der Waals surface area contributed by atoms with Crippen LogP contribution in [0.5, 0.6) is 0 Å². The Morgan fingerprint density at radius 1 is 0.585 bits per heavy atom. The van der Waals surface area contributed by atoms with E-state index in [2.05, 4.69) is 79.1 Å². The fourth-order valence-corrected chi connectivity index (χ4v) is 5.83. The van der Waals surface area contributed by atoms with Crippen LogP contribution >= 0.6 is 7.82 Å². The molecule has 0 aliphatic heterocycles. The van der Waals surface area contributed by atoms with Gasteiger partial charge in [-0.25, -0.2) is 4.57 Å². The summed E-state index contributed by atoms with van der Waals surface area (Å²) in [6, 6.07) is 0. The number of hydrogen-bond donors (Lipinski definition) is 3. The molecule has 0 fully saturated rings. The molecule has 0 aromatic rings. The van der Waals surface area contributed by atoms with Gasteiger partial charge in [-0.2, -0.15) is 0 Å². The number of carbonyl (C=O) groups excluding carboxylic acids is 2. The van der Waals surface area contributed by atoms with Crippen molar-refractivity contribution in [2.45, 2.75) is 167 Å². The van der Waals surface area contributed by atoms with Gasteiger partial charge in [0.2, 0.25) is 0 Å². The average molecular weight is 769 g/mol. The normalized spacial score (nSPS) is 14.6. The highest BCUT2D eigenvalue weighted by atomic mass is 31.2. The van der Waals surface area contributed by atoms with Crippen molar-refractivity contribution in [3.8, 4) is 0 Å². The molecule has 0 rings (SSSR count). The predicted molar refractivity (Wildman–Crippen MR) is 214 cm³/mol. The highest BCUT2D eigenvalue weighted by Crippen LogP contribution is 2.43. The second kappa shape index (κ2) is 38.0. The van der Waals surface area contributed by atoms with Crippen molar-refractivity contribution in [1.82, 2.24) is 0 Å². The minimum atomic E-state index is -4.62. The summed E-state index contributed by atoms with van der Waals surface area (Å²) in [5.74, 6) is -0.966. The van der Waals surface area contributed by atoms with Gasteiger partial charge in [0, 0.05) is 12.8 Å². The van der Waals surface area contributed by atoms with Crippen molar-refractivity contribution in [3.63, 3.8) is 0 Å². The molecule has 0 amide bonds. The van der Waals surface area contributed by atoms with Crippen LogP contribution in [0.15, 0.2) is 60.8 Å². The Morgan fingerprint density at radius 2 is 1.04 bits per heavy atom. The van der Waals surface area contributed by atoms with Crippen LogP contribution in [-0.4, -0.2) is 65.7 Å². The Labute approximate surface area is 321 Å². The first-order chi connectivity index (χ1) is 25.7. The van der Waals surface area contributed by atoms with Crippen LogP contribution in [-0.2, 0) is 32.7 Å². The van der Waals surface area contributed by atoms with Gasteiger partial charge in [0.1, 0.15) is 12.7 Å². The summed E-state index contributed by atoms with van der Waals surface area (Å²) in [4.78, 5) is 34.9. The largest absolute Gasteiger partial charge is 0.472 e. The molecule has 10 nitrogen and oxygen atoms in total. The van der Waals surface area contributed by atoms with Crippen LogP contribution in [0.4, 0.5) is 0 Å². The van der Waals surface area contributed by atoms with Crippen molar-refractivity contribution < 1.29 is 47.8 Å². The van der Waals surface area contributed by atoms with E-state index in [4.69, 9.17) is 19.1 Å². The maximum Gasteiger partial charge on any atom is 0.472 e. The molecule has 1 unspecified atom stereocenters. The number of carbonyl (C=O) groups is 2. The third-order valence-electron chi connectivity index (χ3n) is 8.16. The fourth-order valence-electron chi connectivity index (χ4n) is 5.04. The molecule has 0 aromatic carbocycles. The van der Waals surface area contributed by atoms with Crippen molar-refractivity contribution >= 4 is 19.8 Å². The van der Waals surface area contributed by atoms with Gasteiger partial charge in [-0.3, -0.25) is 18.6 Å². The van der Waals surface area contributed by atoms with Crippen LogP contribution in [0.1, 0.15) is 155 Å². The number of phosphoric ester groups is 1. The molecule has 0 saturated carbocycles. The van der Waals surface area contributed by atoms with E-state index in [1.807, 2.05) is 0 Å². The summed E-state index contributed by atoms with van der Waals surface area (Å²) in [6.45, 7) is 2.18. The molecule has 3 atom stereocenters.